The molecule has 0 aliphatic rings. The number of hydrogen-bond donors (Lipinski definition) is 2. The molecule has 0 aliphatic carbocycles. The van der Waals surface area contributed by atoms with E-state index in [0.29, 0.717) is 0 Å². The maximum atomic E-state index is 12.3. The highest BCUT2D eigenvalue weighted by molar-refractivity contribution is 7.89. The fourth-order valence-corrected chi connectivity index (χ4v) is 2.85. The van der Waals surface area contributed by atoms with Gasteiger partial charge in [0, 0.05) is 12.7 Å². The third-order valence-electron chi connectivity index (χ3n) is 2.48. The van der Waals surface area contributed by atoms with E-state index in [9.17, 15) is 18.0 Å². The quantitative estimate of drug-likeness (QED) is 0.538. The molecule has 0 aliphatic heterocycles. The van der Waals surface area contributed by atoms with Crippen molar-refractivity contribution in [1.29, 1.82) is 0 Å². The van der Waals surface area contributed by atoms with Crippen LogP contribution in [0, 0.1) is 0 Å². The maximum Gasteiger partial charge on any atom is 0.339 e. The minimum atomic E-state index is -4.09. The molecule has 0 aromatic heterocycles. The third kappa shape index (κ3) is 3.25. The molecule has 0 fully saturated rings. The van der Waals surface area contributed by atoms with Crippen LogP contribution >= 0.6 is 0 Å². The van der Waals surface area contributed by atoms with Crippen LogP contribution in [0.25, 0.3) is 0 Å². The zero-order valence-electron chi connectivity index (χ0n) is 11.0. The Balaban J connectivity index is 3.40. The lowest BCUT2D eigenvalue weighted by Crippen LogP contribution is -2.36. The molecule has 20 heavy (non-hydrogen) atoms. The van der Waals surface area contributed by atoms with Crippen molar-refractivity contribution in [3.63, 3.8) is 0 Å². The van der Waals surface area contributed by atoms with Crippen molar-refractivity contribution in [2.24, 2.45) is 5.73 Å². The second-order valence-corrected chi connectivity index (χ2v) is 5.99. The molecule has 0 bridgehead atoms. The van der Waals surface area contributed by atoms with Gasteiger partial charge in [0.2, 0.25) is 15.9 Å². The van der Waals surface area contributed by atoms with E-state index in [1.807, 2.05) is 0 Å². The van der Waals surface area contributed by atoms with Gasteiger partial charge < -0.3 is 16.2 Å². The van der Waals surface area contributed by atoms with E-state index in [2.05, 4.69) is 4.74 Å². The van der Waals surface area contributed by atoms with Gasteiger partial charge in [-0.3, -0.25) is 4.79 Å². The Morgan fingerprint density at radius 3 is 2.45 bits per heavy atom. The normalized spacial score (nSPS) is 11.3. The predicted octanol–water partition coefficient (Wildman–Crippen LogP) is -0.839. The van der Waals surface area contributed by atoms with Gasteiger partial charge in [0.25, 0.3) is 0 Å². The first-order chi connectivity index (χ1) is 9.20. The Morgan fingerprint density at radius 1 is 1.35 bits per heavy atom. The fourth-order valence-electron chi connectivity index (χ4n) is 1.50. The second-order valence-electron chi connectivity index (χ2n) is 3.97. The largest absolute Gasteiger partial charge is 0.465 e. The Kier molecular flexibility index (Phi) is 4.69. The van der Waals surface area contributed by atoms with Gasteiger partial charge in [-0.15, -0.1) is 0 Å². The number of likely N-dealkylation sites (N-methyl/N-ethyl adjacent to an activating group) is 1. The third-order valence-corrected chi connectivity index (χ3v) is 4.32. The molecular formula is C11H15N3O5S. The number of esters is 1. The van der Waals surface area contributed by atoms with Gasteiger partial charge in [-0.2, -0.15) is 4.31 Å². The molecular weight excluding hydrogens is 286 g/mol. The molecule has 1 rings (SSSR count). The van der Waals surface area contributed by atoms with Crippen molar-refractivity contribution in [1.82, 2.24) is 4.31 Å². The Morgan fingerprint density at radius 2 is 1.95 bits per heavy atom. The SMILES string of the molecule is COC(=O)c1ccc(N)cc1S(=O)(=O)N(C)CC(N)=O. The fraction of sp³-hybridized carbons (Fsp3) is 0.273. The molecule has 0 heterocycles. The van der Waals surface area contributed by atoms with E-state index in [0.717, 1.165) is 17.5 Å². The van der Waals surface area contributed by atoms with Crippen LogP contribution in [0.1, 0.15) is 10.4 Å². The molecule has 1 aromatic rings. The number of carbonyl (C=O) groups is 2. The molecule has 0 atom stereocenters. The second kappa shape index (κ2) is 5.88. The number of methoxy groups -OCH3 is 1. The summed E-state index contributed by atoms with van der Waals surface area (Å²) in [5, 5.41) is 0. The van der Waals surface area contributed by atoms with E-state index in [1.165, 1.54) is 19.2 Å². The van der Waals surface area contributed by atoms with Gasteiger partial charge in [0.15, 0.2) is 0 Å². The van der Waals surface area contributed by atoms with Crippen LogP contribution in [0.15, 0.2) is 23.1 Å². The smallest absolute Gasteiger partial charge is 0.339 e. The van der Waals surface area contributed by atoms with Gasteiger partial charge in [-0.25, -0.2) is 13.2 Å². The number of primary amides is 1. The van der Waals surface area contributed by atoms with Crippen LogP contribution in [0.5, 0.6) is 0 Å². The van der Waals surface area contributed by atoms with Crippen molar-refractivity contribution in [3.8, 4) is 0 Å². The minimum Gasteiger partial charge on any atom is -0.465 e. The lowest BCUT2D eigenvalue weighted by molar-refractivity contribution is -0.118. The topological polar surface area (TPSA) is 133 Å². The van der Waals surface area contributed by atoms with Gasteiger partial charge in [0.05, 0.1) is 24.1 Å². The van der Waals surface area contributed by atoms with Crippen LogP contribution in [-0.4, -0.2) is 45.3 Å². The Labute approximate surface area is 116 Å². The predicted molar refractivity (Wildman–Crippen MR) is 71.2 cm³/mol. The van der Waals surface area contributed by atoms with E-state index >= 15 is 0 Å². The van der Waals surface area contributed by atoms with Gasteiger partial charge >= 0.3 is 5.97 Å². The van der Waals surface area contributed by atoms with Gasteiger partial charge in [-0.05, 0) is 18.2 Å². The lowest BCUT2D eigenvalue weighted by Gasteiger charge is -2.17. The standard InChI is InChI=1S/C11H15N3O5S/c1-14(6-10(13)15)20(17,18)9-5-7(12)3-4-8(9)11(16)19-2/h3-5H,6,12H2,1-2H3,(H2,13,15). The summed E-state index contributed by atoms with van der Waals surface area (Å²) in [5.74, 6) is -1.64. The molecule has 0 radical (unpaired) electrons. The number of anilines is 1. The molecule has 0 saturated heterocycles. The Bertz CT molecular complexity index is 641. The number of amides is 1. The number of nitrogen functional groups attached to an aromatic ring is 1. The molecule has 0 spiro atoms. The number of carbonyl (C=O) groups excluding carboxylic acids is 2. The van der Waals surface area contributed by atoms with Crippen molar-refractivity contribution < 1.29 is 22.7 Å². The van der Waals surface area contributed by atoms with Crippen molar-refractivity contribution in [3.05, 3.63) is 23.8 Å². The number of ether oxygens (including phenoxy) is 1. The van der Waals surface area contributed by atoms with Crippen molar-refractivity contribution in [2.45, 2.75) is 4.90 Å². The van der Waals surface area contributed by atoms with E-state index in [-0.39, 0.29) is 16.1 Å². The molecule has 1 aromatic carbocycles. The monoisotopic (exact) mass is 301 g/mol. The molecule has 0 saturated carbocycles. The van der Waals surface area contributed by atoms with Crippen LogP contribution in [-0.2, 0) is 19.6 Å². The summed E-state index contributed by atoms with van der Waals surface area (Å²) in [7, 11) is -1.79. The summed E-state index contributed by atoms with van der Waals surface area (Å²) in [6, 6.07) is 3.74. The Hall–Kier alpha value is -2.13. The summed E-state index contributed by atoms with van der Waals surface area (Å²) in [4.78, 5) is 22.1. The maximum absolute atomic E-state index is 12.3. The number of sulfonamides is 1. The molecule has 9 heteroatoms. The highest BCUT2D eigenvalue weighted by Gasteiger charge is 2.28. The van der Waals surface area contributed by atoms with E-state index < -0.39 is 28.4 Å². The first-order valence-electron chi connectivity index (χ1n) is 5.42. The zero-order valence-corrected chi connectivity index (χ0v) is 11.8. The summed E-state index contributed by atoms with van der Waals surface area (Å²) >= 11 is 0. The minimum absolute atomic E-state index is 0.156. The average molecular weight is 301 g/mol. The number of benzene rings is 1. The molecule has 4 N–H and O–H groups in total. The highest BCUT2D eigenvalue weighted by Crippen LogP contribution is 2.22. The molecule has 1 amide bonds. The number of hydrogen-bond acceptors (Lipinski definition) is 6. The molecule has 8 nitrogen and oxygen atoms in total. The van der Waals surface area contributed by atoms with Crippen molar-refractivity contribution >= 4 is 27.6 Å². The number of nitrogens with two attached hydrogens (primary N) is 2. The van der Waals surface area contributed by atoms with Crippen molar-refractivity contribution in [2.75, 3.05) is 26.4 Å². The molecule has 110 valence electrons. The summed E-state index contributed by atoms with van der Waals surface area (Å²) < 4.78 is 29.9. The van der Waals surface area contributed by atoms with E-state index in [1.54, 1.807) is 0 Å². The first-order valence-corrected chi connectivity index (χ1v) is 6.86. The highest BCUT2D eigenvalue weighted by atomic mass is 32.2. The van der Waals surface area contributed by atoms with Crippen LogP contribution in [0.4, 0.5) is 5.69 Å². The van der Waals surface area contributed by atoms with Crippen LogP contribution < -0.4 is 11.5 Å². The van der Waals surface area contributed by atoms with Crippen LogP contribution in [0.2, 0.25) is 0 Å². The summed E-state index contributed by atoms with van der Waals surface area (Å²) in [5.41, 5.74) is 10.5. The average Bonchev–Trinajstić information content (AvgIpc) is 2.36. The summed E-state index contributed by atoms with van der Waals surface area (Å²) in [6.07, 6.45) is 0. The summed E-state index contributed by atoms with van der Waals surface area (Å²) in [6.45, 7) is -0.516. The number of nitrogens with zero attached hydrogens (tertiary/aromatic N) is 1. The van der Waals surface area contributed by atoms with E-state index in [4.69, 9.17) is 11.5 Å². The van der Waals surface area contributed by atoms with Crippen LogP contribution in [0.3, 0.4) is 0 Å². The number of rotatable bonds is 5. The first kappa shape index (κ1) is 15.9. The molecule has 0 unspecified atom stereocenters. The zero-order chi connectivity index (χ0) is 15.5. The van der Waals surface area contributed by atoms with Gasteiger partial charge in [-0.1, -0.05) is 0 Å². The lowest BCUT2D eigenvalue weighted by atomic mass is 10.2. The van der Waals surface area contributed by atoms with Gasteiger partial charge in [0.1, 0.15) is 0 Å².